The van der Waals surface area contributed by atoms with E-state index in [1.807, 2.05) is 6.92 Å². The lowest BCUT2D eigenvalue weighted by Crippen LogP contribution is -2.29. The van der Waals surface area contributed by atoms with Gasteiger partial charge in [-0.1, -0.05) is 52.0 Å². The number of alkyl halides is 6. The van der Waals surface area contributed by atoms with Crippen molar-refractivity contribution in [3.05, 3.63) is 70.3 Å². The molecule has 0 aromatic heterocycles. The molecule has 0 heterocycles. The van der Waals surface area contributed by atoms with Crippen molar-refractivity contribution in [2.75, 3.05) is 0 Å². The standard InChI is InChI=1S/C26H34F6N2/c1-17(2)33-15-19-6-8-21(9-7-19)24(4,5)11-10-18(3)34-16-20-12-22(25(27,28)29)14-23(13-20)26(30,31)32/h6-9,12-14,17-18,33-34H,10-11,15-16H2,1-5H3. The Morgan fingerprint density at radius 3 is 1.65 bits per heavy atom. The van der Waals surface area contributed by atoms with Crippen LogP contribution in [0, 0.1) is 0 Å². The SMILES string of the molecule is CC(C)NCc1ccc(C(C)(C)CCC(C)NCc2cc(C(F)(F)F)cc(C(F)(F)F)c2)cc1. The summed E-state index contributed by atoms with van der Waals surface area (Å²) in [5.41, 5.74) is -0.373. The van der Waals surface area contributed by atoms with Gasteiger partial charge < -0.3 is 10.6 Å². The molecular formula is C26H34F6N2. The first-order valence-electron chi connectivity index (χ1n) is 11.4. The minimum absolute atomic E-state index is 0.0427. The van der Waals surface area contributed by atoms with Gasteiger partial charge in [0.05, 0.1) is 11.1 Å². The minimum Gasteiger partial charge on any atom is -0.310 e. The highest BCUT2D eigenvalue weighted by Gasteiger charge is 2.36. The van der Waals surface area contributed by atoms with E-state index in [0.29, 0.717) is 6.04 Å². The predicted molar refractivity (Wildman–Crippen MR) is 123 cm³/mol. The number of nitrogens with one attached hydrogen (secondary N) is 2. The van der Waals surface area contributed by atoms with Crippen LogP contribution in [0.5, 0.6) is 0 Å². The molecule has 0 spiro atoms. The number of hydrogen-bond acceptors (Lipinski definition) is 2. The fourth-order valence-corrected chi connectivity index (χ4v) is 3.63. The van der Waals surface area contributed by atoms with Crippen molar-refractivity contribution in [2.24, 2.45) is 0 Å². The lowest BCUT2D eigenvalue weighted by molar-refractivity contribution is -0.143. The number of hydrogen-bond donors (Lipinski definition) is 2. The summed E-state index contributed by atoms with van der Waals surface area (Å²) in [6.07, 6.45) is -8.16. The summed E-state index contributed by atoms with van der Waals surface area (Å²) in [5.74, 6) is 0. The average molecular weight is 489 g/mol. The molecule has 0 aliphatic heterocycles. The molecule has 1 unspecified atom stereocenters. The van der Waals surface area contributed by atoms with E-state index in [0.717, 1.165) is 31.5 Å². The Morgan fingerprint density at radius 1 is 0.676 bits per heavy atom. The number of halogens is 6. The van der Waals surface area contributed by atoms with Crippen molar-refractivity contribution < 1.29 is 26.3 Å². The maximum Gasteiger partial charge on any atom is 0.416 e. The molecule has 2 N–H and O–H groups in total. The molecule has 0 aliphatic rings. The van der Waals surface area contributed by atoms with Crippen molar-refractivity contribution in [1.82, 2.24) is 10.6 Å². The molecule has 2 rings (SSSR count). The van der Waals surface area contributed by atoms with Gasteiger partial charge in [-0.05, 0) is 60.1 Å². The minimum atomic E-state index is -4.84. The second-order valence-corrected chi connectivity index (χ2v) is 9.85. The van der Waals surface area contributed by atoms with Crippen molar-refractivity contribution in [2.45, 2.75) is 90.4 Å². The zero-order valence-corrected chi connectivity index (χ0v) is 20.3. The average Bonchev–Trinajstić information content (AvgIpc) is 2.73. The summed E-state index contributed by atoms with van der Waals surface area (Å²) >= 11 is 0. The normalized spacial score (nSPS) is 14.0. The van der Waals surface area contributed by atoms with Crippen LogP contribution in [-0.4, -0.2) is 12.1 Å². The quantitative estimate of drug-likeness (QED) is 0.339. The molecule has 8 heteroatoms. The van der Waals surface area contributed by atoms with Gasteiger partial charge in [0.15, 0.2) is 0 Å². The van der Waals surface area contributed by atoms with Crippen molar-refractivity contribution in [3.8, 4) is 0 Å². The number of benzene rings is 2. The van der Waals surface area contributed by atoms with Crippen LogP contribution in [-0.2, 0) is 30.9 Å². The molecule has 0 saturated carbocycles. The van der Waals surface area contributed by atoms with Crippen LogP contribution in [0.25, 0.3) is 0 Å². The third kappa shape index (κ3) is 8.62. The fraction of sp³-hybridized carbons (Fsp3) is 0.538. The van der Waals surface area contributed by atoms with E-state index in [9.17, 15) is 26.3 Å². The Bertz CT molecular complexity index is 882. The summed E-state index contributed by atoms with van der Waals surface area (Å²) in [4.78, 5) is 0. The first-order valence-corrected chi connectivity index (χ1v) is 11.4. The van der Waals surface area contributed by atoms with Gasteiger partial charge in [0.1, 0.15) is 0 Å². The molecule has 0 amide bonds. The van der Waals surface area contributed by atoms with Crippen LogP contribution < -0.4 is 10.6 Å². The molecule has 0 saturated heterocycles. The summed E-state index contributed by atoms with van der Waals surface area (Å²) in [7, 11) is 0. The Hall–Kier alpha value is -2.06. The molecule has 34 heavy (non-hydrogen) atoms. The van der Waals surface area contributed by atoms with Gasteiger partial charge in [0.25, 0.3) is 0 Å². The zero-order valence-electron chi connectivity index (χ0n) is 20.3. The van der Waals surface area contributed by atoms with Crippen LogP contribution in [0.3, 0.4) is 0 Å². The summed E-state index contributed by atoms with van der Waals surface area (Å²) < 4.78 is 78.4. The monoisotopic (exact) mass is 488 g/mol. The molecule has 2 aromatic carbocycles. The highest BCUT2D eigenvalue weighted by atomic mass is 19.4. The highest BCUT2D eigenvalue weighted by Crippen LogP contribution is 2.36. The molecule has 0 aliphatic carbocycles. The summed E-state index contributed by atoms with van der Waals surface area (Å²) in [6.45, 7) is 11.0. The Morgan fingerprint density at radius 2 is 1.18 bits per heavy atom. The number of rotatable bonds is 10. The Labute approximate surface area is 198 Å². The summed E-state index contributed by atoms with van der Waals surface area (Å²) in [6, 6.07) is 10.4. The predicted octanol–water partition coefficient (Wildman–Crippen LogP) is 7.46. The molecule has 190 valence electrons. The third-order valence-corrected chi connectivity index (χ3v) is 5.95. The van der Waals surface area contributed by atoms with Crippen molar-refractivity contribution in [3.63, 3.8) is 0 Å². The van der Waals surface area contributed by atoms with Gasteiger partial charge in [-0.3, -0.25) is 0 Å². The summed E-state index contributed by atoms with van der Waals surface area (Å²) in [5, 5.41) is 6.45. The molecule has 0 fully saturated rings. The first kappa shape index (κ1) is 28.2. The molecule has 2 nitrogen and oxygen atoms in total. The third-order valence-electron chi connectivity index (χ3n) is 5.95. The van der Waals surface area contributed by atoms with Crippen LogP contribution in [0.2, 0.25) is 0 Å². The van der Waals surface area contributed by atoms with E-state index in [2.05, 4.69) is 62.6 Å². The molecule has 2 aromatic rings. The zero-order chi connectivity index (χ0) is 25.7. The lowest BCUT2D eigenvalue weighted by Gasteiger charge is -2.27. The van der Waals surface area contributed by atoms with E-state index in [1.54, 1.807) is 0 Å². The van der Waals surface area contributed by atoms with Crippen LogP contribution in [0.15, 0.2) is 42.5 Å². The van der Waals surface area contributed by atoms with E-state index in [4.69, 9.17) is 0 Å². The van der Waals surface area contributed by atoms with Crippen LogP contribution >= 0.6 is 0 Å². The maximum atomic E-state index is 13.1. The Kier molecular flexibility index (Phi) is 9.22. The fourth-order valence-electron chi connectivity index (χ4n) is 3.63. The van der Waals surface area contributed by atoms with Gasteiger partial charge in [-0.15, -0.1) is 0 Å². The van der Waals surface area contributed by atoms with E-state index < -0.39 is 23.5 Å². The van der Waals surface area contributed by atoms with Crippen molar-refractivity contribution in [1.29, 1.82) is 0 Å². The molecule has 0 bridgehead atoms. The van der Waals surface area contributed by atoms with E-state index in [-0.39, 0.29) is 29.6 Å². The van der Waals surface area contributed by atoms with Gasteiger partial charge in [0, 0.05) is 25.2 Å². The van der Waals surface area contributed by atoms with Gasteiger partial charge in [-0.2, -0.15) is 26.3 Å². The molecular weight excluding hydrogens is 454 g/mol. The molecule has 0 radical (unpaired) electrons. The van der Waals surface area contributed by atoms with Gasteiger partial charge in [-0.25, -0.2) is 0 Å². The first-order chi connectivity index (χ1) is 15.6. The topological polar surface area (TPSA) is 24.1 Å². The van der Waals surface area contributed by atoms with Crippen LogP contribution in [0.4, 0.5) is 26.3 Å². The van der Waals surface area contributed by atoms with E-state index >= 15 is 0 Å². The molecule has 1 atom stereocenters. The van der Waals surface area contributed by atoms with Gasteiger partial charge in [0.2, 0.25) is 0 Å². The lowest BCUT2D eigenvalue weighted by atomic mass is 9.79. The van der Waals surface area contributed by atoms with Crippen molar-refractivity contribution >= 4 is 0 Å². The second-order valence-electron chi connectivity index (χ2n) is 9.85. The van der Waals surface area contributed by atoms with Gasteiger partial charge >= 0.3 is 12.4 Å². The smallest absolute Gasteiger partial charge is 0.310 e. The highest BCUT2D eigenvalue weighted by molar-refractivity contribution is 5.33. The van der Waals surface area contributed by atoms with E-state index in [1.165, 1.54) is 11.1 Å². The second kappa shape index (κ2) is 11.1. The largest absolute Gasteiger partial charge is 0.416 e. The Balaban J connectivity index is 1.98. The van der Waals surface area contributed by atoms with Crippen LogP contribution in [0.1, 0.15) is 75.3 Å². The maximum absolute atomic E-state index is 13.1.